The van der Waals surface area contributed by atoms with Crippen LogP contribution in [0.15, 0.2) is 22.9 Å². The normalized spacial score (nSPS) is 10.3. The van der Waals surface area contributed by atoms with E-state index in [9.17, 15) is 0 Å². The van der Waals surface area contributed by atoms with E-state index in [1.165, 1.54) is 0 Å². The zero-order chi connectivity index (χ0) is 12.3. The van der Waals surface area contributed by atoms with Crippen LogP contribution in [0, 0.1) is 13.8 Å². The SMILES string of the molecule is Cc1noc(C)c1CNc1ccnc(NN)c1. The summed E-state index contributed by atoms with van der Waals surface area (Å²) < 4.78 is 5.09. The molecule has 0 bridgehead atoms. The molecule has 2 rings (SSSR count). The van der Waals surface area contributed by atoms with Crippen LogP contribution in [0.25, 0.3) is 0 Å². The molecule has 0 fully saturated rings. The van der Waals surface area contributed by atoms with Crippen molar-refractivity contribution >= 4 is 11.5 Å². The summed E-state index contributed by atoms with van der Waals surface area (Å²) in [6, 6.07) is 3.71. The van der Waals surface area contributed by atoms with Gasteiger partial charge in [-0.2, -0.15) is 0 Å². The summed E-state index contributed by atoms with van der Waals surface area (Å²) in [5.41, 5.74) is 5.42. The summed E-state index contributed by atoms with van der Waals surface area (Å²) in [6.45, 7) is 4.48. The van der Waals surface area contributed by atoms with Crippen LogP contribution in [0.1, 0.15) is 17.0 Å². The number of hydrazine groups is 1. The first kappa shape index (κ1) is 11.4. The molecular formula is C11H15N5O. The van der Waals surface area contributed by atoms with Gasteiger partial charge in [0.1, 0.15) is 11.6 Å². The second-order valence-electron chi connectivity index (χ2n) is 3.73. The van der Waals surface area contributed by atoms with Gasteiger partial charge in [-0.3, -0.25) is 0 Å². The molecule has 0 saturated heterocycles. The van der Waals surface area contributed by atoms with Gasteiger partial charge in [-0.05, 0) is 19.9 Å². The molecule has 0 radical (unpaired) electrons. The largest absolute Gasteiger partial charge is 0.381 e. The molecule has 0 amide bonds. The summed E-state index contributed by atoms with van der Waals surface area (Å²) in [5.74, 6) is 6.75. The van der Waals surface area contributed by atoms with Gasteiger partial charge in [-0.15, -0.1) is 0 Å². The topological polar surface area (TPSA) is 89.0 Å². The van der Waals surface area contributed by atoms with Crippen molar-refractivity contribution in [1.29, 1.82) is 0 Å². The average Bonchev–Trinajstić information content (AvgIpc) is 2.67. The number of aryl methyl sites for hydroxylation is 2. The van der Waals surface area contributed by atoms with Crippen LogP contribution in [0.3, 0.4) is 0 Å². The van der Waals surface area contributed by atoms with E-state index in [-0.39, 0.29) is 0 Å². The van der Waals surface area contributed by atoms with E-state index in [0.29, 0.717) is 12.4 Å². The first-order valence-corrected chi connectivity index (χ1v) is 5.29. The van der Waals surface area contributed by atoms with Crippen molar-refractivity contribution < 1.29 is 4.52 Å². The van der Waals surface area contributed by atoms with Gasteiger partial charge in [0.05, 0.1) is 5.69 Å². The van der Waals surface area contributed by atoms with Crippen LogP contribution in [0.5, 0.6) is 0 Å². The van der Waals surface area contributed by atoms with E-state index in [2.05, 4.69) is 20.9 Å². The van der Waals surface area contributed by atoms with Crippen molar-refractivity contribution in [3.8, 4) is 0 Å². The summed E-state index contributed by atoms with van der Waals surface area (Å²) >= 11 is 0. The number of nitrogens with zero attached hydrogens (tertiary/aromatic N) is 2. The predicted molar refractivity (Wildman–Crippen MR) is 65.4 cm³/mol. The molecule has 6 nitrogen and oxygen atoms in total. The average molecular weight is 233 g/mol. The fraction of sp³-hybridized carbons (Fsp3) is 0.273. The Bertz CT molecular complexity index is 489. The molecule has 0 aliphatic carbocycles. The van der Waals surface area contributed by atoms with E-state index in [1.54, 1.807) is 6.20 Å². The lowest BCUT2D eigenvalue weighted by Gasteiger charge is -2.07. The van der Waals surface area contributed by atoms with Gasteiger partial charge in [0.2, 0.25) is 0 Å². The smallest absolute Gasteiger partial charge is 0.141 e. The third-order valence-electron chi connectivity index (χ3n) is 2.56. The maximum atomic E-state index is 5.29. The number of nitrogens with one attached hydrogen (secondary N) is 2. The Labute approximate surface area is 99.2 Å². The lowest BCUT2D eigenvalue weighted by atomic mass is 10.2. The number of pyridine rings is 1. The molecule has 0 aliphatic heterocycles. The van der Waals surface area contributed by atoms with Gasteiger partial charge < -0.3 is 15.3 Å². The molecule has 0 spiro atoms. The van der Waals surface area contributed by atoms with E-state index >= 15 is 0 Å². The van der Waals surface area contributed by atoms with Gasteiger partial charge in [-0.1, -0.05) is 5.16 Å². The standard InChI is InChI=1S/C11H15N5O/c1-7-10(8(2)17-16-7)6-14-9-3-4-13-11(5-9)15-12/h3-5H,6,12H2,1-2H3,(H2,13,14,15). The zero-order valence-electron chi connectivity index (χ0n) is 9.82. The molecule has 0 unspecified atom stereocenters. The Morgan fingerprint density at radius 1 is 1.41 bits per heavy atom. The zero-order valence-corrected chi connectivity index (χ0v) is 9.82. The van der Waals surface area contributed by atoms with Crippen LogP contribution in [-0.4, -0.2) is 10.1 Å². The van der Waals surface area contributed by atoms with Crippen LogP contribution >= 0.6 is 0 Å². The highest BCUT2D eigenvalue weighted by molar-refractivity contribution is 5.51. The highest BCUT2D eigenvalue weighted by Gasteiger charge is 2.08. The number of aromatic nitrogens is 2. The van der Waals surface area contributed by atoms with Gasteiger partial charge in [0, 0.05) is 30.1 Å². The third kappa shape index (κ3) is 2.54. The minimum Gasteiger partial charge on any atom is -0.381 e. The second kappa shape index (κ2) is 4.84. The van der Waals surface area contributed by atoms with Crippen molar-refractivity contribution in [3.05, 3.63) is 35.3 Å². The van der Waals surface area contributed by atoms with Crippen molar-refractivity contribution in [2.75, 3.05) is 10.7 Å². The monoisotopic (exact) mass is 233 g/mol. The van der Waals surface area contributed by atoms with E-state index in [4.69, 9.17) is 10.4 Å². The van der Waals surface area contributed by atoms with Gasteiger partial charge in [-0.25, -0.2) is 10.8 Å². The molecule has 6 heteroatoms. The number of hydrogen-bond donors (Lipinski definition) is 3. The molecular weight excluding hydrogens is 218 g/mol. The highest BCUT2D eigenvalue weighted by Crippen LogP contribution is 2.16. The Balaban J connectivity index is 2.07. The number of hydrogen-bond acceptors (Lipinski definition) is 6. The van der Waals surface area contributed by atoms with Crippen LogP contribution in [-0.2, 0) is 6.54 Å². The molecule has 4 N–H and O–H groups in total. The van der Waals surface area contributed by atoms with Crippen LogP contribution < -0.4 is 16.6 Å². The van der Waals surface area contributed by atoms with Crippen LogP contribution in [0.2, 0.25) is 0 Å². The van der Waals surface area contributed by atoms with Gasteiger partial charge >= 0.3 is 0 Å². The van der Waals surface area contributed by atoms with E-state index < -0.39 is 0 Å². The molecule has 2 aromatic rings. The first-order valence-electron chi connectivity index (χ1n) is 5.29. The Morgan fingerprint density at radius 3 is 2.88 bits per heavy atom. The molecule has 17 heavy (non-hydrogen) atoms. The van der Waals surface area contributed by atoms with Crippen molar-refractivity contribution in [3.63, 3.8) is 0 Å². The first-order chi connectivity index (χ1) is 8.20. The van der Waals surface area contributed by atoms with Crippen molar-refractivity contribution in [2.45, 2.75) is 20.4 Å². The molecule has 0 aromatic carbocycles. The van der Waals surface area contributed by atoms with E-state index in [1.807, 2.05) is 26.0 Å². The summed E-state index contributed by atoms with van der Waals surface area (Å²) in [7, 11) is 0. The lowest BCUT2D eigenvalue weighted by molar-refractivity contribution is 0.392. The molecule has 0 aliphatic rings. The molecule has 0 atom stereocenters. The fourth-order valence-corrected chi connectivity index (χ4v) is 1.56. The maximum absolute atomic E-state index is 5.29. The Morgan fingerprint density at radius 2 is 2.24 bits per heavy atom. The van der Waals surface area contributed by atoms with Crippen molar-refractivity contribution in [2.24, 2.45) is 5.84 Å². The molecule has 2 heterocycles. The maximum Gasteiger partial charge on any atom is 0.141 e. The van der Waals surface area contributed by atoms with E-state index in [0.717, 1.165) is 22.7 Å². The fourth-order valence-electron chi connectivity index (χ4n) is 1.56. The van der Waals surface area contributed by atoms with Gasteiger partial charge in [0.15, 0.2) is 0 Å². The van der Waals surface area contributed by atoms with Crippen LogP contribution in [0.4, 0.5) is 11.5 Å². The summed E-state index contributed by atoms with van der Waals surface area (Å²) in [5, 5.41) is 7.17. The summed E-state index contributed by atoms with van der Waals surface area (Å²) in [6.07, 6.45) is 1.69. The molecule has 2 aromatic heterocycles. The number of anilines is 2. The summed E-state index contributed by atoms with van der Waals surface area (Å²) in [4.78, 5) is 4.03. The third-order valence-corrected chi connectivity index (χ3v) is 2.56. The lowest BCUT2D eigenvalue weighted by Crippen LogP contribution is -2.09. The minimum atomic E-state index is 0.619. The Kier molecular flexibility index (Phi) is 3.24. The second-order valence-corrected chi connectivity index (χ2v) is 3.73. The molecule has 90 valence electrons. The molecule has 0 saturated carbocycles. The highest BCUT2D eigenvalue weighted by atomic mass is 16.5. The van der Waals surface area contributed by atoms with Gasteiger partial charge in [0.25, 0.3) is 0 Å². The predicted octanol–water partition coefficient (Wildman–Crippen LogP) is 1.58. The minimum absolute atomic E-state index is 0.619. The number of rotatable bonds is 4. The number of nitrogens with two attached hydrogens (primary N) is 1. The van der Waals surface area contributed by atoms with Crippen molar-refractivity contribution in [1.82, 2.24) is 10.1 Å². The number of nitrogen functional groups attached to an aromatic ring is 1. The quantitative estimate of drug-likeness (QED) is 0.549. The Hall–Kier alpha value is -2.08.